The third-order valence-corrected chi connectivity index (χ3v) is 5.98. The number of nitrogens with zero attached hydrogens (tertiary/aromatic N) is 1. The minimum absolute atomic E-state index is 0.0533. The summed E-state index contributed by atoms with van der Waals surface area (Å²) in [5.41, 5.74) is 3.01. The van der Waals surface area contributed by atoms with Gasteiger partial charge in [0.25, 0.3) is 11.8 Å². The third kappa shape index (κ3) is 4.53. The minimum Gasteiger partial charge on any atom is -0.465 e. The largest absolute Gasteiger partial charge is 0.465 e. The average molecular weight is 418 g/mol. The number of aromatic amines is 1. The van der Waals surface area contributed by atoms with Crippen molar-refractivity contribution in [2.45, 2.75) is 45.6 Å². The van der Waals surface area contributed by atoms with Crippen LogP contribution in [0.4, 0.5) is 0 Å². The zero-order valence-electron chi connectivity index (χ0n) is 17.0. The van der Waals surface area contributed by atoms with Crippen LogP contribution in [-0.2, 0) is 11.2 Å². The molecule has 29 heavy (non-hydrogen) atoms. The van der Waals surface area contributed by atoms with Gasteiger partial charge in [-0.1, -0.05) is 13.3 Å². The summed E-state index contributed by atoms with van der Waals surface area (Å²) >= 11 is 1.49. The highest BCUT2D eigenvalue weighted by Gasteiger charge is 2.30. The van der Waals surface area contributed by atoms with E-state index in [9.17, 15) is 14.4 Å². The lowest BCUT2D eigenvalue weighted by molar-refractivity contribution is 0.0598. The zero-order chi connectivity index (χ0) is 21.0. The minimum atomic E-state index is -0.420. The monoisotopic (exact) mass is 417 g/mol. The second-order valence-electron chi connectivity index (χ2n) is 7.27. The summed E-state index contributed by atoms with van der Waals surface area (Å²) in [5.74, 6) is -0.589. The maximum Gasteiger partial charge on any atom is 0.339 e. The lowest BCUT2D eigenvalue weighted by Crippen LogP contribution is -2.46. The van der Waals surface area contributed by atoms with Gasteiger partial charge in [-0.3, -0.25) is 9.59 Å². The Hall–Kier alpha value is -2.61. The molecule has 0 spiro atoms. The molecule has 156 valence electrons. The average Bonchev–Trinajstić information content (AvgIpc) is 3.36. The molecule has 0 atom stereocenters. The van der Waals surface area contributed by atoms with Crippen LogP contribution in [0.5, 0.6) is 0 Å². The van der Waals surface area contributed by atoms with Gasteiger partial charge < -0.3 is 19.9 Å². The Morgan fingerprint density at radius 1 is 1.31 bits per heavy atom. The summed E-state index contributed by atoms with van der Waals surface area (Å²) < 4.78 is 4.90. The predicted octanol–water partition coefficient (Wildman–Crippen LogP) is 3.16. The quantitative estimate of drug-likeness (QED) is 0.707. The first-order valence-corrected chi connectivity index (χ1v) is 10.8. The molecule has 2 amide bonds. The number of aromatic nitrogens is 1. The zero-order valence-corrected chi connectivity index (χ0v) is 17.9. The van der Waals surface area contributed by atoms with Gasteiger partial charge in [0.15, 0.2) is 0 Å². The van der Waals surface area contributed by atoms with Crippen LogP contribution in [0.2, 0.25) is 0 Å². The van der Waals surface area contributed by atoms with E-state index in [0.717, 1.165) is 12.0 Å². The van der Waals surface area contributed by atoms with Crippen LogP contribution in [0.1, 0.15) is 68.6 Å². The van der Waals surface area contributed by atoms with Crippen molar-refractivity contribution in [3.05, 3.63) is 44.9 Å². The summed E-state index contributed by atoms with van der Waals surface area (Å²) in [6.07, 6.45) is 2.85. The van der Waals surface area contributed by atoms with Crippen molar-refractivity contribution in [1.82, 2.24) is 15.2 Å². The van der Waals surface area contributed by atoms with Gasteiger partial charge >= 0.3 is 5.97 Å². The summed E-state index contributed by atoms with van der Waals surface area (Å²) in [6, 6.07) is 1.86. The van der Waals surface area contributed by atoms with Gasteiger partial charge in [0.2, 0.25) is 0 Å². The molecule has 2 aromatic rings. The van der Waals surface area contributed by atoms with E-state index in [2.05, 4.69) is 10.3 Å². The van der Waals surface area contributed by atoms with E-state index in [0.29, 0.717) is 54.9 Å². The van der Waals surface area contributed by atoms with Crippen LogP contribution in [0.25, 0.3) is 0 Å². The summed E-state index contributed by atoms with van der Waals surface area (Å²) in [6.45, 7) is 4.92. The third-order valence-electron chi connectivity index (χ3n) is 5.30. The van der Waals surface area contributed by atoms with Crippen LogP contribution in [-0.4, -0.2) is 53.9 Å². The van der Waals surface area contributed by atoms with E-state index in [-0.39, 0.29) is 17.9 Å². The van der Waals surface area contributed by atoms with Gasteiger partial charge in [0, 0.05) is 35.8 Å². The Morgan fingerprint density at radius 2 is 2.03 bits per heavy atom. The molecular weight excluding hydrogens is 390 g/mol. The number of aryl methyl sites for hydroxylation is 1. The standard InChI is InChI=1S/C21H27N3O4S/c1-4-5-16-17(21(27)28-3)13(2)22-18(16)20(26)24-9-6-15(7-10-24)23-19(25)14-8-11-29-12-14/h8,11-12,15,22H,4-7,9-10H2,1-3H3,(H,23,25). The number of hydrogen-bond acceptors (Lipinski definition) is 5. The van der Waals surface area contributed by atoms with E-state index in [1.54, 1.807) is 17.9 Å². The maximum atomic E-state index is 13.1. The number of rotatable bonds is 6. The first-order chi connectivity index (χ1) is 14.0. The van der Waals surface area contributed by atoms with E-state index in [1.165, 1.54) is 18.4 Å². The number of carbonyl (C=O) groups excluding carboxylic acids is 3. The summed E-state index contributed by atoms with van der Waals surface area (Å²) in [4.78, 5) is 42.5. The number of methoxy groups -OCH3 is 1. The molecule has 1 saturated heterocycles. The molecule has 0 aliphatic carbocycles. The van der Waals surface area contributed by atoms with Crippen molar-refractivity contribution in [2.24, 2.45) is 0 Å². The summed E-state index contributed by atoms with van der Waals surface area (Å²) in [7, 11) is 1.35. The topological polar surface area (TPSA) is 91.5 Å². The van der Waals surface area contributed by atoms with Gasteiger partial charge in [-0.05, 0) is 43.2 Å². The van der Waals surface area contributed by atoms with Crippen LogP contribution in [0.3, 0.4) is 0 Å². The molecule has 0 unspecified atom stereocenters. The molecule has 3 rings (SSSR count). The SMILES string of the molecule is CCCc1c(C(=O)N2CCC(NC(=O)c3ccsc3)CC2)[nH]c(C)c1C(=O)OC. The number of nitrogens with one attached hydrogen (secondary N) is 2. The van der Waals surface area contributed by atoms with Crippen molar-refractivity contribution < 1.29 is 19.1 Å². The lowest BCUT2D eigenvalue weighted by atomic mass is 10.0. The van der Waals surface area contributed by atoms with Crippen LogP contribution < -0.4 is 5.32 Å². The molecule has 8 heteroatoms. The number of H-pyrrole nitrogens is 1. The normalized spacial score (nSPS) is 14.7. The highest BCUT2D eigenvalue weighted by Crippen LogP contribution is 2.24. The van der Waals surface area contributed by atoms with Crippen molar-refractivity contribution in [2.75, 3.05) is 20.2 Å². The van der Waals surface area contributed by atoms with Crippen molar-refractivity contribution in [3.63, 3.8) is 0 Å². The fourth-order valence-corrected chi connectivity index (χ4v) is 4.42. The van der Waals surface area contributed by atoms with Crippen molar-refractivity contribution in [3.8, 4) is 0 Å². The van der Waals surface area contributed by atoms with E-state index in [4.69, 9.17) is 4.74 Å². The van der Waals surface area contributed by atoms with Crippen LogP contribution in [0, 0.1) is 6.92 Å². The fourth-order valence-electron chi connectivity index (χ4n) is 3.79. The van der Waals surface area contributed by atoms with Gasteiger partial charge in [-0.2, -0.15) is 11.3 Å². The number of thiophene rings is 1. The smallest absolute Gasteiger partial charge is 0.339 e. The maximum absolute atomic E-state index is 13.1. The Labute approximate surface area is 174 Å². The number of amides is 2. The van der Waals surface area contributed by atoms with E-state index >= 15 is 0 Å². The van der Waals surface area contributed by atoms with Gasteiger partial charge in [-0.15, -0.1) is 0 Å². The Bertz CT molecular complexity index is 880. The molecule has 0 bridgehead atoms. The van der Waals surface area contributed by atoms with Crippen molar-refractivity contribution >= 4 is 29.1 Å². The Balaban J connectivity index is 1.67. The molecule has 0 aromatic carbocycles. The molecular formula is C21H27N3O4S. The van der Waals surface area contributed by atoms with Gasteiger partial charge in [0.05, 0.1) is 12.7 Å². The summed E-state index contributed by atoms with van der Waals surface area (Å²) in [5, 5.41) is 6.76. The van der Waals surface area contributed by atoms with Crippen molar-refractivity contribution in [1.29, 1.82) is 0 Å². The highest BCUT2D eigenvalue weighted by molar-refractivity contribution is 7.08. The molecule has 2 aromatic heterocycles. The molecule has 2 N–H and O–H groups in total. The van der Waals surface area contributed by atoms with Gasteiger partial charge in [-0.25, -0.2) is 4.79 Å². The van der Waals surface area contributed by atoms with E-state index in [1.807, 2.05) is 17.7 Å². The number of esters is 1. The second kappa shape index (κ2) is 9.26. The second-order valence-corrected chi connectivity index (χ2v) is 8.05. The highest BCUT2D eigenvalue weighted by atomic mass is 32.1. The predicted molar refractivity (Wildman–Crippen MR) is 112 cm³/mol. The number of likely N-dealkylation sites (tertiary alicyclic amines) is 1. The van der Waals surface area contributed by atoms with Crippen LogP contribution in [0.15, 0.2) is 16.8 Å². The molecule has 0 radical (unpaired) electrons. The van der Waals surface area contributed by atoms with E-state index < -0.39 is 5.97 Å². The first-order valence-electron chi connectivity index (χ1n) is 9.88. The van der Waals surface area contributed by atoms with Crippen LogP contribution >= 0.6 is 11.3 Å². The molecule has 1 aliphatic rings. The number of hydrogen-bond donors (Lipinski definition) is 2. The first kappa shape index (κ1) is 21.1. The Morgan fingerprint density at radius 3 is 2.62 bits per heavy atom. The number of ether oxygens (including phenoxy) is 1. The molecule has 1 fully saturated rings. The number of piperidine rings is 1. The number of carbonyl (C=O) groups is 3. The van der Waals surface area contributed by atoms with Gasteiger partial charge in [0.1, 0.15) is 5.69 Å². The molecule has 7 nitrogen and oxygen atoms in total. The Kier molecular flexibility index (Phi) is 6.74. The fraction of sp³-hybridized carbons (Fsp3) is 0.476. The molecule has 1 aliphatic heterocycles. The lowest BCUT2D eigenvalue weighted by Gasteiger charge is -2.32. The molecule has 3 heterocycles. The molecule has 0 saturated carbocycles.